The smallest absolute Gasteiger partial charge is 0.306 e. The van der Waals surface area contributed by atoms with E-state index < -0.39 is 6.10 Å². The molecular formula is C59H108O6. The number of carbonyl (C=O) groups excluding carboxylic acids is 3. The Bertz CT molecular complexity index is 1090. The molecule has 0 amide bonds. The summed E-state index contributed by atoms with van der Waals surface area (Å²) < 4.78 is 16.8. The van der Waals surface area contributed by atoms with Crippen LogP contribution in [-0.2, 0) is 28.6 Å². The van der Waals surface area contributed by atoms with E-state index >= 15 is 0 Å². The molecule has 0 bridgehead atoms. The Kier molecular flexibility index (Phi) is 52.3. The number of carbonyl (C=O) groups is 3. The third-order valence-electron chi connectivity index (χ3n) is 12.6. The lowest BCUT2D eigenvalue weighted by molar-refractivity contribution is -0.167. The first kappa shape index (κ1) is 62.6. The number of esters is 3. The Morgan fingerprint density at radius 3 is 0.862 bits per heavy atom. The second-order valence-corrected chi connectivity index (χ2v) is 19.2. The molecule has 0 N–H and O–H groups in total. The molecule has 0 aromatic heterocycles. The van der Waals surface area contributed by atoms with Crippen LogP contribution in [0.15, 0.2) is 36.5 Å². The second-order valence-electron chi connectivity index (χ2n) is 19.2. The van der Waals surface area contributed by atoms with Gasteiger partial charge in [-0.05, 0) is 77.0 Å². The first-order valence-corrected chi connectivity index (χ1v) is 28.5. The van der Waals surface area contributed by atoms with Crippen LogP contribution >= 0.6 is 0 Å². The summed E-state index contributed by atoms with van der Waals surface area (Å²) >= 11 is 0. The largest absolute Gasteiger partial charge is 0.462 e. The summed E-state index contributed by atoms with van der Waals surface area (Å²) in [6.07, 6.45) is 64.2. The van der Waals surface area contributed by atoms with Gasteiger partial charge in [0.15, 0.2) is 6.10 Å². The molecule has 6 heteroatoms. The zero-order chi connectivity index (χ0) is 47.2. The molecule has 0 aliphatic rings. The summed E-state index contributed by atoms with van der Waals surface area (Å²) in [7, 11) is 0. The van der Waals surface area contributed by atoms with Crippen LogP contribution in [0.1, 0.15) is 303 Å². The summed E-state index contributed by atoms with van der Waals surface area (Å²) in [5.74, 6) is -0.874. The van der Waals surface area contributed by atoms with Gasteiger partial charge in [0.05, 0.1) is 0 Å². The van der Waals surface area contributed by atoms with Crippen molar-refractivity contribution in [1.82, 2.24) is 0 Å². The fourth-order valence-corrected chi connectivity index (χ4v) is 8.29. The van der Waals surface area contributed by atoms with Gasteiger partial charge in [-0.3, -0.25) is 14.4 Å². The van der Waals surface area contributed by atoms with E-state index in [-0.39, 0.29) is 31.1 Å². The van der Waals surface area contributed by atoms with Gasteiger partial charge in [-0.25, -0.2) is 0 Å². The molecule has 0 aromatic carbocycles. The van der Waals surface area contributed by atoms with Gasteiger partial charge in [0.2, 0.25) is 0 Å². The molecule has 0 saturated carbocycles. The minimum absolute atomic E-state index is 0.0737. The molecular weight excluding hydrogens is 805 g/mol. The Morgan fingerprint density at radius 2 is 0.554 bits per heavy atom. The zero-order valence-corrected chi connectivity index (χ0v) is 43.5. The predicted octanol–water partition coefficient (Wildman–Crippen LogP) is 18.9. The SMILES string of the molecule is CCCCCCC/C=C\C/C=C\CCCCCCCCCCCC(=O)OCC(COC(=O)CCCCCCCCCCCC)OC(=O)CCCCCCC/C=C\CCCCCCCCC. The van der Waals surface area contributed by atoms with Crippen molar-refractivity contribution >= 4 is 17.9 Å². The standard InChI is InChI=1S/C59H108O6/c1-4-7-10-13-16-19-22-24-26-28-29-30-31-32-34-35-37-40-43-46-49-52-58(61)64-55-56(54-63-57(60)51-48-45-42-39-21-18-15-12-9-6-3)65-59(62)53-50-47-44-41-38-36-33-27-25-23-20-17-14-11-8-5-2/h22,24,27-29,33,56H,4-21,23,25-26,30-32,34-55H2,1-3H3/b24-22-,29-28-,33-27-. The van der Waals surface area contributed by atoms with Crippen molar-refractivity contribution in [2.45, 2.75) is 309 Å². The third kappa shape index (κ3) is 52.5. The minimum Gasteiger partial charge on any atom is -0.462 e. The Labute approximate surface area is 404 Å². The Hall–Kier alpha value is -2.37. The van der Waals surface area contributed by atoms with Crippen molar-refractivity contribution < 1.29 is 28.6 Å². The van der Waals surface area contributed by atoms with Crippen LogP contribution < -0.4 is 0 Å². The van der Waals surface area contributed by atoms with Crippen molar-refractivity contribution in [2.75, 3.05) is 13.2 Å². The fraction of sp³-hybridized carbons (Fsp3) is 0.847. The zero-order valence-electron chi connectivity index (χ0n) is 43.5. The molecule has 6 nitrogen and oxygen atoms in total. The number of rotatable bonds is 52. The highest BCUT2D eigenvalue weighted by Gasteiger charge is 2.19. The average Bonchev–Trinajstić information content (AvgIpc) is 3.30. The maximum Gasteiger partial charge on any atom is 0.306 e. The lowest BCUT2D eigenvalue weighted by Gasteiger charge is -2.18. The lowest BCUT2D eigenvalue weighted by Crippen LogP contribution is -2.30. The molecule has 65 heavy (non-hydrogen) atoms. The molecule has 0 rings (SSSR count). The second kappa shape index (κ2) is 54.2. The van der Waals surface area contributed by atoms with E-state index in [9.17, 15) is 14.4 Å². The van der Waals surface area contributed by atoms with E-state index in [1.165, 1.54) is 193 Å². The molecule has 0 spiro atoms. The molecule has 1 unspecified atom stereocenters. The number of hydrogen-bond acceptors (Lipinski definition) is 6. The van der Waals surface area contributed by atoms with Crippen LogP contribution in [0.25, 0.3) is 0 Å². The van der Waals surface area contributed by atoms with Crippen molar-refractivity contribution in [3.63, 3.8) is 0 Å². The molecule has 0 aliphatic carbocycles. The molecule has 0 aromatic rings. The summed E-state index contributed by atoms with van der Waals surface area (Å²) in [5.41, 5.74) is 0. The summed E-state index contributed by atoms with van der Waals surface area (Å²) in [6, 6.07) is 0. The maximum atomic E-state index is 12.8. The summed E-state index contributed by atoms with van der Waals surface area (Å²) in [5, 5.41) is 0. The van der Waals surface area contributed by atoms with Crippen molar-refractivity contribution in [1.29, 1.82) is 0 Å². The first-order valence-electron chi connectivity index (χ1n) is 28.5. The average molecular weight is 914 g/mol. The monoisotopic (exact) mass is 913 g/mol. The summed E-state index contributed by atoms with van der Waals surface area (Å²) in [4.78, 5) is 38.0. The van der Waals surface area contributed by atoms with Crippen LogP contribution in [0.3, 0.4) is 0 Å². The van der Waals surface area contributed by atoms with Crippen molar-refractivity contribution in [2.24, 2.45) is 0 Å². The van der Waals surface area contributed by atoms with Gasteiger partial charge in [-0.2, -0.15) is 0 Å². The highest BCUT2D eigenvalue weighted by Crippen LogP contribution is 2.16. The van der Waals surface area contributed by atoms with E-state index in [0.717, 1.165) is 70.6 Å². The molecule has 0 saturated heterocycles. The number of unbranched alkanes of at least 4 members (excludes halogenated alkanes) is 35. The predicted molar refractivity (Wildman–Crippen MR) is 279 cm³/mol. The third-order valence-corrected chi connectivity index (χ3v) is 12.6. The molecule has 1 atom stereocenters. The van der Waals surface area contributed by atoms with Gasteiger partial charge in [0, 0.05) is 19.3 Å². The van der Waals surface area contributed by atoms with Gasteiger partial charge in [0.1, 0.15) is 13.2 Å². The Morgan fingerprint density at radius 1 is 0.308 bits per heavy atom. The maximum absolute atomic E-state index is 12.8. The van der Waals surface area contributed by atoms with Gasteiger partial charge >= 0.3 is 17.9 Å². The van der Waals surface area contributed by atoms with E-state index in [1.807, 2.05) is 0 Å². The van der Waals surface area contributed by atoms with Crippen LogP contribution in [-0.4, -0.2) is 37.2 Å². The van der Waals surface area contributed by atoms with E-state index in [2.05, 4.69) is 57.2 Å². The van der Waals surface area contributed by atoms with Gasteiger partial charge in [-0.15, -0.1) is 0 Å². The quantitative estimate of drug-likeness (QED) is 0.0262. The van der Waals surface area contributed by atoms with Crippen LogP contribution in [0, 0.1) is 0 Å². The van der Waals surface area contributed by atoms with Crippen LogP contribution in [0.5, 0.6) is 0 Å². The minimum atomic E-state index is -0.774. The number of allylic oxidation sites excluding steroid dienone is 6. The molecule has 0 aliphatic heterocycles. The molecule has 0 radical (unpaired) electrons. The van der Waals surface area contributed by atoms with Crippen molar-refractivity contribution in [3.05, 3.63) is 36.5 Å². The van der Waals surface area contributed by atoms with Gasteiger partial charge in [-0.1, -0.05) is 243 Å². The van der Waals surface area contributed by atoms with Gasteiger partial charge in [0.25, 0.3) is 0 Å². The van der Waals surface area contributed by atoms with Gasteiger partial charge < -0.3 is 14.2 Å². The van der Waals surface area contributed by atoms with E-state index in [1.54, 1.807) is 0 Å². The molecule has 0 heterocycles. The Balaban J connectivity index is 4.28. The molecule has 380 valence electrons. The number of ether oxygens (including phenoxy) is 3. The number of hydrogen-bond donors (Lipinski definition) is 0. The van der Waals surface area contributed by atoms with Crippen molar-refractivity contribution in [3.8, 4) is 0 Å². The van der Waals surface area contributed by atoms with Crippen LogP contribution in [0.2, 0.25) is 0 Å². The normalized spacial score (nSPS) is 12.2. The summed E-state index contributed by atoms with van der Waals surface area (Å²) in [6.45, 7) is 6.64. The highest BCUT2D eigenvalue weighted by molar-refractivity contribution is 5.71. The topological polar surface area (TPSA) is 78.9 Å². The fourth-order valence-electron chi connectivity index (χ4n) is 8.29. The van der Waals surface area contributed by atoms with E-state index in [0.29, 0.717) is 19.3 Å². The van der Waals surface area contributed by atoms with E-state index in [4.69, 9.17) is 14.2 Å². The highest BCUT2D eigenvalue weighted by atomic mass is 16.6. The first-order chi connectivity index (χ1) is 32.0. The van der Waals surface area contributed by atoms with Crippen LogP contribution in [0.4, 0.5) is 0 Å². The lowest BCUT2D eigenvalue weighted by atomic mass is 10.1. The molecule has 0 fully saturated rings.